The SMILES string of the molecule is COCCOCCCNC(=O)C(C)C(N)=NO. The van der Waals surface area contributed by atoms with Crippen molar-refractivity contribution in [2.75, 3.05) is 33.5 Å². The molecule has 0 heterocycles. The smallest absolute Gasteiger partial charge is 0.230 e. The van der Waals surface area contributed by atoms with Crippen molar-refractivity contribution in [1.29, 1.82) is 0 Å². The minimum Gasteiger partial charge on any atom is -0.409 e. The van der Waals surface area contributed by atoms with Gasteiger partial charge in [-0.25, -0.2) is 0 Å². The first-order valence-electron chi connectivity index (χ1n) is 5.45. The lowest BCUT2D eigenvalue weighted by molar-refractivity contribution is -0.122. The topological polar surface area (TPSA) is 106 Å². The fourth-order valence-electron chi connectivity index (χ4n) is 1.00. The van der Waals surface area contributed by atoms with Crippen LogP contribution in [0.4, 0.5) is 0 Å². The monoisotopic (exact) mass is 247 g/mol. The predicted octanol–water partition coefficient (Wildman–Crippen LogP) is -0.462. The number of ether oxygens (including phenoxy) is 2. The summed E-state index contributed by atoms with van der Waals surface area (Å²) in [6, 6.07) is 0. The van der Waals surface area contributed by atoms with E-state index in [-0.39, 0.29) is 11.7 Å². The Bertz CT molecular complexity index is 246. The molecule has 7 nitrogen and oxygen atoms in total. The van der Waals surface area contributed by atoms with Crippen molar-refractivity contribution in [2.45, 2.75) is 13.3 Å². The Labute approximate surface area is 101 Å². The van der Waals surface area contributed by atoms with Crippen molar-refractivity contribution in [3.63, 3.8) is 0 Å². The summed E-state index contributed by atoms with van der Waals surface area (Å²) in [5.74, 6) is -0.995. The molecule has 1 amide bonds. The van der Waals surface area contributed by atoms with Gasteiger partial charge in [0, 0.05) is 20.3 Å². The molecule has 0 saturated carbocycles. The number of carbonyl (C=O) groups is 1. The van der Waals surface area contributed by atoms with E-state index in [1.54, 1.807) is 14.0 Å². The summed E-state index contributed by atoms with van der Waals surface area (Å²) in [4.78, 5) is 11.4. The normalized spacial score (nSPS) is 13.4. The van der Waals surface area contributed by atoms with Crippen LogP contribution in [-0.4, -0.2) is 50.4 Å². The van der Waals surface area contributed by atoms with Gasteiger partial charge >= 0.3 is 0 Å². The highest BCUT2D eigenvalue weighted by atomic mass is 16.5. The molecule has 0 rings (SSSR count). The summed E-state index contributed by atoms with van der Waals surface area (Å²) in [5, 5.41) is 13.8. The summed E-state index contributed by atoms with van der Waals surface area (Å²) in [6.07, 6.45) is 0.707. The van der Waals surface area contributed by atoms with Crippen LogP contribution in [0.1, 0.15) is 13.3 Å². The van der Waals surface area contributed by atoms with Crippen LogP contribution in [0, 0.1) is 5.92 Å². The van der Waals surface area contributed by atoms with Crippen molar-refractivity contribution in [3.05, 3.63) is 0 Å². The molecule has 0 aliphatic rings. The number of hydrogen-bond donors (Lipinski definition) is 3. The van der Waals surface area contributed by atoms with E-state index in [9.17, 15) is 4.79 Å². The highest BCUT2D eigenvalue weighted by molar-refractivity contribution is 6.01. The number of carbonyl (C=O) groups excluding carboxylic acids is 1. The maximum atomic E-state index is 11.4. The number of oxime groups is 1. The highest BCUT2D eigenvalue weighted by Gasteiger charge is 2.16. The number of nitrogens with zero attached hydrogens (tertiary/aromatic N) is 1. The molecule has 0 aromatic carbocycles. The van der Waals surface area contributed by atoms with Crippen LogP contribution >= 0.6 is 0 Å². The summed E-state index contributed by atoms with van der Waals surface area (Å²) >= 11 is 0. The third-order valence-electron chi connectivity index (χ3n) is 2.15. The van der Waals surface area contributed by atoms with E-state index in [1.807, 2.05) is 0 Å². The average molecular weight is 247 g/mol. The van der Waals surface area contributed by atoms with Crippen LogP contribution in [0.2, 0.25) is 0 Å². The van der Waals surface area contributed by atoms with Crippen molar-refractivity contribution >= 4 is 11.7 Å². The van der Waals surface area contributed by atoms with Gasteiger partial charge < -0.3 is 25.7 Å². The first-order chi connectivity index (χ1) is 8.13. The Balaban J connectivity index is 3.52. The average Bonchev–Trinajstić information content (AvgIpc) is 2.35. The molecule has 0 aliphatic heterocycles. The molecule has 0 aromatic rings. The van der Waals surface area contributed by atoms with Gasteiger partial charge in [-0.05, 0) is 13.3 Å². The maximum Gasteiger partial charge on any atom is 0.230 e. The van der Waals surface area contributed by atoms with Crippen molar-refractivity contribution in [2.24, 2.45) is 16.8 Å². The molecule has 1 unspecified atom stereocenters. The lowest BCUT2D eigenvalue weighted by atomic mass is 10.1. The van der Waals surface area contributed by atoms with Gasteiger partial charge in [0.1, 0.15) is 0 Å². The molecule has 100 valence electrons. The van der Waals surface area contributed by atoms with Crippen LogP contribution in [-0.2, 0) is 14.3 Å². The van der Waals surface area contributed by atoms with Crippen molar-refractivity contribution in [1.82, 2.24) is 5.32 Å². The van der Waals surface area contributed by atoms with E-state index in [4.69, 9.17) is 20.4 Å². The largest absolute Gasteiger partial charge is 0.409 e. The molecule has 0 fully saturated rings. The number of nitrogens with two attached hydrogens (primary N) is 1. The predicted molar refractivity (Wildman–Crippen MR) is 62.9 cm³/mol. The van der Waals surface area contributed by atoms with Gasteiger partial charge in [-0.2, -0.15) is 0 Å². The molecule has 0 aromatic heterocycles. The Morgan fingerprint density at radius 3 is 2.76 bits per heavy atom. The van der Waals surface area contributed by atoms with Gasteiger partial charge in [-0.15, -0.1) is 0 Å². The van der Waals surface area contributed by atoms with Gasteiger partial charge in [0.25, 0.3) is 0 Å². The zero-order chi connectivity index (χ0) is 13.1. The second kappa shape index (κ2) is 9.86. The van der Waals surface area contributed by atoms with E-state index >= 15 is 0 Å². The van der Waals surface area contributed by atoms with E-state index < -0.39 is 5.92 Å². The minimum absolute atomic E-state index is 0.0983. The number of amides is 1. The maximum absolute atomic E-state index is 11.4. The number of rotatable bonds is 9. The zero-order valence-corrected chi connectivity index (χ0v) is 10.3. The van der Waals surface area contributed by atoms with E-state index in [0.717, 1.165) is 0 Å². The van der Waals surface area contributed by atoms with Gasteiger partial charge in [0.15, 0.2) is 5.84 Å². The van der Waals surface area contributed by atoms with Gasteiger partial charge in [-0.3, -0.25) is 4.79 Å². The fourth-order valence-corrected chi connectivity index (χ4v) is 1.00. The van der Waals surface area contributed by atoms with Crippen molar-refractivity contribution in [3.8, 4) is 0 Å². The molecule has 0 bridgehead atoms. The Morgan fingerprint density at radius 2 is 2.18 bits per heavy atom. The van der Waals surface area contributed by atoms with Crippen LogP contribution in [0.3, 0.4) is 0 Å². The zero-order valence-electron chi connectivity index (χ0n) is 10.3. The van der Waals surface area contributed by atoms with Gasteiger partial charge in [-0.1, -0.05) is 5.16 Å². The van der Waals surface area contributed by atoms with Crippen molar-refractivity contribution < 1.29 is 19.5 Å². The number of hydrogen-bond acceptors (Lipinski definition) is 5. The number of nitrogens with one attached hydrogen (secondary N) is 1. The fraction of sp³-hybridized carbons (Fsp3) is 0.800. The molecule has 4 N–H and O–H groups in total. The molecular weight excluding hydrogens is 226 g/mol. The quantitative estimate of drug-likeness (QED) is 0.168. The number of methoxy groups -OCH3 is 1. The summed E-state index contributed by atoms with van der Waals surface area (Å²) in [7, 11) is 1.61. The second-order valence-corrected chi connectivity index (χ2v) is 3.50. The first-order valence-corrected chi connectivity index (χ1v) is 5.45. The Hall–Kier alpha value is -1.34. The summed E-state index contributed by atoms with van der Waals surface area (Å²) in [5.41, 5.74) is 5.30. The van der Waals surface area contributed by atoms with Gasteiger partial charge in [0.2, 0.25) is 5.91 Å². The van der Waals surface area contributed by atoms with Crippen LogP contribution in [0.5, 0.6) is 0 Å². The van der Waals surface area contributed by atoms with Gasteiger partial charge in [0.05, 0.1) is 19.1 Å². The molecule has 1 atom stereocenters. The van der Waals surface area contributed by atoms with Crippen LogP contribution in [0.25, 0.3) is 0 Å². The van der Waals surface area contributed by atoms with E-state index in [1.165, 1.54) is 0 Å². The minimum atomic E-state index is -0.630. The molecular formula is C10H21N3O4. The lowest BCUT2D eigenvalue weighted by Crippen LogP contribution is -2.37. The van der Waals surface area contributed by atoms with E-state index in [0.29, 0.717) is 32.8 Å². The summed E-state index contributed by atoms with van der Waals surface area (Å²) < 4.78 is 10.0. The lowest BCUT2D eigenvalue weighted by Gasteiger charge is -2.10. The molecule has 17 heavy (non-hydrogen) atoms. The molecule has 0 aliphatic carbocycles. The number of amidine groups is 1. The third kappa shape index (κ3) is 7.53. The Kier molecular flexibility index (Phi) is 9.08. The van der Waals surface area contributed by atoms with E-state index in [2.05, 4.69) is 10.5 Å². The summed E-state index contributed by atoms with van der Waals surface area (Å²) in [6.45, 7) is 3.73. The molecule has 0 spiro atoms. The van der Waals surface area contributed by atoms with Crippen LogP contribution in [0.15, 0.2) is 5.16 Å². The standard InChI is InChI=1S/C10H21N3O4/c1-8(9(11)13-15)10(14)12-4-3-5-17-7-6-16-2/h8,15H,3-7H2,1-2H3,(H2,11,13)(H,12,14). The third-order valence-corrected chi connectivity index (χ3v) is 2.15. The Morgan fingerprint density at radius 1 is 1.47 bits per heavy atom. The van der Waals surface area contributed by atoms with Crippen LogP contribution < -0.4 is 11.1 Å². The molecule has 0 saturated heterocycles. The highest BCUT2D eigenvalue weighted by Crippen LogP contribution is 1.94. The second-order valence-electron chi connectivity index (χ2n) is 3.50. The first kappa shape index (κ1) is 15.7. The molecule has 7 heteroatoms. The molecule has 0 radical (unpaired) electrons.